The van der Waals surface area contributed by atoms with Crippen molar-refractivity contribution in [3.63, 3.8) is 0 Å². The van der Waals surface area contributed by atoms with Crippen molar-refractivity contribution in [3.8, 4) is 0 Å². The predicted octanol–water partition coefficient (Wildman–Crippen LogP) is 0.185. The van der Waals surface area contributed by atoms with Crippen LogP contribution in [0.15, 0.2) is 0 Å². The van der Waals surface area contributed by atoms with Crippen molar-refractivity contribution in [2.45, 2.75) is 20.0 Å². The second-order valence-electron chi connectivity index (χ2n) is 3.45. The molecule has 5 nitrogen and oxygen atoms in total. The highest BCUT2D eigenvalue weighted by Gasteiger charge is 2.01. The smallest absolute Gasteiger partial charge is 0.246 e. The van der Waals surface area contributed by atoms with Gasteiger partial charge in [-0.2, -0.15) is 0 Å². The van der Waals surface area contributed by atoms with Gasteiger partial charge in [0.2, 0.25) is 5.91 Å². The summed E-state index contributed by atoms with van der Waals surface area (Å²) in [4.78, 5) is 11.1. The molecule has 98 valence electrons. The summed E-state index contributed by atoms with van der Waals surface area (Å²) in [6, 6.07) is 0. The van der Waals surface area contributed by atoms with E-state index in [0.717, 1.165) is 13.1 Å². The topological polar surface area (TPSA) is 59.6 Å². The zero-order valence-corrected chi connectivity index (χ0v) is 11.1. The number of halogens is 1. The van der Waals surface area contributed by atoms with Gasteiger partial charge in [0.25, 0.3) is 0 Å². The van der Waals surface area contributed by atoms with E-state index < -0.39 is 0 Å². The lowest BCUT2D eigenvalue weighted by atomic mass is 10.5. The molecule has 0 saturated carbocycles. The van der Waals surface area contributed by atoms with Crippen LogP contribution in [0.4, 0.5) is 0 Å². The molecule has 0 unspecified atom stereocenters. The summed E-state index contributed by atoms with van der Waals surface area (Å²) in [6.45, 7) is 6.79. The third-order valence-electron chi connectivity index (χ3n) is 1.65. The summed E-state index contributed by atoms with van der Waals surface area (Å²) in [5.74, 6) is -0.0720. The van der Waals surface area contributed by atoms with Crippen LogP contribution in [0.3, 0.4) is 0 Å². The number of carbonyl (C=O) groups excluding carboxylic acids is 1. The molecule has 0 rings (SSSR count). The Morgan fingerprint density at radius 2 is 1.94 bits per heavy atom. The van der Waals surface area contributed by atoms with Gasteiger partial charge in [0.1, 0.15) is 6.61 Å². The fourth-order valence-electron chi connectivity index (χ4n) is 0.883. The van der Waals surface area contributed by atoms with E-state index in [4.69, 9.17) is 9.47 Å². The zero-order valence-electron chi connectivity index (χ0n) is 10.2. The molecular formula is C10H23ClN2O3. The van der Waals surface area contributed by atoms with Crippen LogP contribution in [0.5, 0.6) is 0 Å². The first-order chi connectivity index (χ1) is 7.16. The van der Waals surface area contributed by atoms with Gasteiger partial charge >= 0.3 is 0 Å². The molecule has 0 radical (unpaired) electrons. The third kappa shape index (κ3) is 13.6. The monoisotopic (exact) mass is 254 g/mol. The molecule has 0 aromatic carbocycles. The van der Waals surface area contributed by atoms with Crippen LogP contribution in [0, 0.1) is 0 Å². The van der Waals surface area contributed by atoms with Crippen LogP contribution < -0.4 is 10.6 Å². The maximum absolute atomic E-state index is 11.1. The molecule has 0 bridgehead atoms. The van der Waals surface area contributed by atoms with Gasteiger partial charge in [0, 0.05) is 26.7 Å². The lowest BCUT2D eigenvalue weighted by Crippen LogP contribution is -2.35. The Morgan fingerprint density at radius 3 is 2.50 bits per heavy atom. The van der Waals surface area contributed by atoms with E-state index in [2.05, 4.69) is 10.6 Å². The van der Waals surface area contributed by atoms with Crippen molar-refractivity contribution in [1.29, 1.82) is 0 Å². The third-order valence-corrected chi connectivity index (χ3v) is 1.65. The van der Waals surface area contributed by atoms with E-state index in [1.165, 1.54) is 0 Å². The SMILES string of the molecule is COCCNCCNC(=O)COC(C)C.Cl. The van der Waals surface area contributed by atoms with Crippen molar-refractivity contribution in [2.75, 3.05) is 40.0 Å². The average Bonchev–Trinajstić information content (AvgIpc) is 2.20. The Kier molecular flexibility index (Phi) is 14.3. The highest BCUT2D eigenvalue weighted by atomic mass is 35.5. The summed E-state index contributed by atoms with van der Waals surface area (Å²) < 4.78 is 10.0. The second-order valence-corrected chi connectivity index (χ2v) is 3.45. The van der Waals surface area contributed by atoms with E-state index in [1.807, 2.05) is 13.8 Å². The number of rotatable bonds is 9. The van der Waals surface area contributed by atoms with Gasteiger partial charge in [-0.15, -0.1) is 12.4 Å². The molecule has 0 heterocycles. The van der Waals surface area contributed by atoms with Gasteiger partial charge in [-0.05, 0) is 13.8 Å². The highest BCUT2D eigenvalue weighted by Crippen LogP contribution is 1.85. The number of nitrogens with one attached hydrogen (secondary N) is 2. The Hall–Kier alpha value is -0.360. The molecule has 0 aliphatic rings. The predicted molar refractivity (Wildman–Crippen MR) is 66.1 cm³/mol. The molecule has 0 aromatic rings. The minimum atomic E-state index is -0.0720. The molecule has 0 fully saturated rings. The highest BCUT2D eigenvalue weighted by molar-refractivity contribution is 5.85. The van der Waals surface area contributed by atoms with Gasteiger partial charge < -0.3 is 20.1 Å². The van der Waals surface area contributed by atoms with E-state index >= 15 is 0 Å². The standard InChI is InChI=1S/C10H22N2O3.ClH/c1-9(2)15-8-10(13)12-5-4-11-6-7-14-3;/h9,11H,4-8H2,1-3H3,(H,12,13);1H. The lowest BCUT2D eigenvalue weighted by Gasteiger charge is -2.08. The number of carbonyl (C=O) groups is 1. The number of hydrogen-bond acceptors (Lipinski definition) is 4. The van der Waals surface area contributed by atoms with Crippen molar-refractivity contribution in [1.82, 2.24) is 10.6 Å². The van der Waals surface area contributed by atoms with E-state index in [9.17, 15) is 4.79 Å². The first-order valence-electron chi connectivity index (χ1n) is 5.24. The van der Waals surface area contributed by atoms with Gasteiger partial charge in [0.05, 0.1) is 12.7 Å². The average molecular weight is 255 g/mol. The Balaban J connectivity index is 0. The second kappa shape index (κ2) is 12.7. The fraction of sp³-hybridized carbons (Fsp3) is 0.900. The van der Waals surface area contributed by atoms with Crippen molar-refractivity contribution in [3.05, 3.63) is 0 Å². The van der Waals surface area contributed by atoms with Gasteiger partial charge in [-0.3, -0.25) is 4.79 Å². The Morgan fingerprint density at radius 1 is 1.25 bits per heavy atom. The van der Waals surface area contributed by atoms with Crippen LogP contribution in [-0.4, -0.2) is 52.0 Å². The van der Waals surface area contributed by atoms with Gasteiger partial charge in [0.15, 0.2) is 0 Å². The minimum absolute atomic E-state index is 0. The molecule has 0 spiro atoms. The summed E-state index contributed by atoms with van der Waals surface area (Å²) in [5.41, 5.74) is 0. The quantitative estimate of drug-likeness (QED) is 0.577. The number of amides is 1. The largest absolute Gasteiger partial charge is 0.383 e. The lowest BCUT2D eigenvalue weighted by molar-refractivity contribution is -0.127. The Bertz CT molecular complexity index is 168. The molecule has 1 amide bonds. The molecule has 0 atom stereocenters. The summed E-state index contributed by atoms with van der Waals surface area (Å²) in [7, 11) is 1.66. The molecule has 0 aromatic heterocycles. The van der Waals surface area contributed by atoms with Crippen molar-refractivity contribution >= 4 is 18.3 Å². The van der Waals surface area contributed by atoms with Crippen LogP contribution in [0.2, 0.25) is 0 Å². The van der Waals surface area contributed by atoms with Gasteiger partial charge in [-0.1, -0.05) is 0 Å². The van der Waals surface area contributed by atoms with Crippen molar-refractivity contribution in [2.24, 2.45) is 0 Å². The van der Waals surface area contributed by atoms with E-state index in [0.29, 0.717) is 13.2 Å². The van der Waals surface area contributed by atoms with Crippen LogP contribution in [-0.2, 0) is 14.3 Å². The van der Waals surface area contributed by atoms with Crippen molar-refractivity contribution < 1.29 is 14.3 Å². The van der Waals surface area contributed by atoms with E-state index in [1.54, 1.807) is 7.11 Å². The summed E-state index contributed by atoms with van der Waals surface area (Å²) >= 11 is 0. The minimum Gasteiger partial charge on any atom is -0.383 e. The van der Waals surface area contributed by atoms with Crippen LogP contribution >= 0.6 is 12.4 Å². The molecule has 0 saturated heterocycles. The zero-order chi connectivity index (χ0) is 11.5. The molecule has 0 aliphatic heterocycles. The Labute approximate surface area is 104 Å². The first-order valence-corrected chi connectivity index (χ1v) is 5.24. The van der Waals surface area contributed by atoms with Crippen LogP contribution in [0.25, 0.3) is 0 Å². The van der Waals surface area contributed by atoms with Crippen LogP contribution in [0.1, 0.15) is 13.8 Å². The maximum atomic E-state index is 11.1. The normalized spacial score (nSPS) is 10.0. The molecular weight excluding hydrogens is 232 g/mol. The fourth-order valence-corrected chi connectivity index (χ4v) is 0.883. The van der Waals surface area contributed by atoms with Gasteiger partial charge in [-0.25, -0.2) is 0 Å². The summed E-state index contributed by atoms with van der Waals surface area (Å²) in [5, 5.41) is 5.87. The molecule has 6 heteroatoms. The molecule has 16 heavy (non-hydrogen) atoms. The number of methoxy groups -OCH3 is 1. The molecule has 0 aliphatic carbocycles. The molecule has 2 N–H and O–H groups in total. The maximum Gasteiger partial charge on any atom is 0.246 e. The number of hydrogen-bond donors (Lipinski definition) is 2. The first kappa shape index (κ1) is 18.0. The number of ether oxygens (including phenoxy) is 2. The van der Waals surface area contributed by atoms with E-state index in [-0.39, 0.29) is 31.0 Å². The summed E-state index contributed by atoms with van der Waals surface area (Å²) in [6.07, 6.45) is 0.0931.